The maximum absolute atomic E-state index is 12.7. The van der Waals surface area contributed by atoms with Crippen LogP contribution in [0.3, 0.4) is 0 Å². The third-order valence-electron chi connectivity index (χ3n) is 5.12. The number of carbonyl (C=O) groups is 1. The van der Waals surface area contributed by atoms with Crippen LogP contribution in [-0.4, -0.2) is 54.6 Å². The Kier molecular flexibility index (Phi) is 4.52. The molecule has 1 spiro atoms. The zero-order chi connectivity index (χ0) is 18.4. The lowest BCUT2D eigenvalue weighted by Gasteiger charge is -2.35. The molecule has 1 saturated heterocycles. The highest BCUT2D eigenvalue weighted by Crippen LogP contribution is 2.41. The Bertz CT molecular complexity index is 681. The molecule has 1 amide bonds. The van der Waals surface area contributed by atoms with Crippen LogP contribution in [0.25, 0.3) is 0 Å². The highest BCUT2D eigenvalue weighted by atomic mass is 16.5. The molecule has 6 heteroatoms. The molecule has 1 fully saturated rings. The molecule has 0 radical (unpaired) electrons. The Morgan fingerprint density at radius 2 is 2.04 bits per heavy atom. The Morgan fingerprint density at radius 3 is 2.68 bits per heavy atom. The van der Waals surface area contributed by atoms with Gasteiger partial charge >= 0.3 is 0 Å². The lowest BCUT2D eigenvalue weighted by atomic mass is 9.80. The van der Waals surface area contributed by atoms with Gasteiger partial charge < -0.3 is 14.5 Å². The maximum atomic E-state index is 12.7. The lowest BCUT2D eigenvalue weighted by molar-refractivity contribution is -0.132. The fourth-order valence-electron chi connectivity index (χ4n) is 3.77. The Balaban J connectivity index is 1.91. The number of ether oxygens (including phenoxy) is 1. The number of hydrogen-bond acceptors (Lipinski definition) is 5. The van der Waals surface area contributed by atoms with E-state index in [1.165, 1.54) is 0 Å². The number of aromatic nitrogens is 2. The molecule has 25 heavy (non-hydrogen) atoms. The molecule has 138 valence electrons. The van der Waals surface area contributed by atoms with E-state index < -0.39 is 0 Å². The van der Waals surface area contributed by atoms with Crippen LogP contribution in [0.5, 0.6) is 0 Å². The van der Waals surface area contributed by atoms with Gasteiger partial charge in [0, 0.05) is 44.9 Å². The minimum absolute atomic E-state index is 0.00462. The molecular weight excluding hydrogens is 316 g/mol. The van der Waals surface area contributed by atoms with Crippen molar-refractivity contribution in [3.63, 3.8) is 0 Å². The quantitative estimate of drug-likeness (QED) is 0.822. The summed E-state index contributed by atoms with van der Waals surface area (Å²) in [5.41, 5.74) is 2.97. The number of aryl methyl sites for hydroxylation is 1. The van der Waals surface area contributed by atoms with Gasteiger partial charge in [0.1, 0.15) is 0 Å². The van der Waals surface area contributed by atoms with Crippen molar-refractivity contribution < 1.29 is 9.53 Å². The van der Waals surface area contributed by atoms with Crippen molar-refractivity contribution >= 4 is 11.9 Å². The van der Waals surface area contributed by atoms with Crippen molar-refractivity contribution in [3.8, 4) is 0 Å². The summed E-state index contributed by atoms with van der Waals surface area (Å²) in [6, 6.07) is 0. The average molecular weight is 346 g/mol. The van der Waals surface area contributed by atoms with E-state index in [0.717, 1.165) is 35.9 Å². The summed E-state index contributed by atoms with van der Waals surface area (Å²) in [5, 5.41) is 0. The number of hydrogen-bond donors (Lipinski definition) is 0. The number of nitrogens with zero attached hydrogens (tertiary/aromatic N) is 4. The van der Waals surface area contributed by atoms with Gasteiger partial charge in [0.25, 0.3) is 0 Å². The molecule has 1 atom stereocenters. The summed E-state index contributed by atoms with van der Waals surface area (Å²) in [5.74, 6) is 0.965. The second kappa shape index (κ2) is 6.24. The molecule has 3 heterocycles. The van der Waals surface area contributed by atoms with Gasteiger partial charge in [-0.25, -0.2) is 9.97 Å². The molecule has 1 aromatic rings. The predicted octanol–water partition coefficient (Wildman–Crippen LogP) is 2.29. The first-order valence-corrected chi connectivity index (χ1v) is 9.02. The second-order valence-electron chi connectivity index (χ2n) is 8.91. The van der Waals surface area contributed by atoms with Crippen LogP contribution in [0.4, 0.5) is 5.95 Å². The first-order chi connectivity index (χ1) is 11.6. The smallest absolute Gasteiger partial charge is 0.225 e. The molecule has 1 aromatic heterocycles. The number of anilines is 1. The number of rotatable bonds is 2. The van der Waals surface area contributed by atoms with E-state index in [-0.39, 0.29) is 16.7 Å². The van der Waals surface area contributed by atoms with Crippen molar-refractivity contribution in [2.45, 2.75) is 52.6 Å². The van der Waals surface area contributed by atoms with Crippen molar-refractivity contribution in [1.82, 2.24) is 14.9 Å². The van der Waals surface area contributed by atoms with Crippen LogP contribution >= 0.6 is 0 Å². The highest BCUT2D eigenvalue weighted by Gasteiger charge is 2.47. The van der Waals surface area contributed by atoms with Crippen molar-refractivity contribution in [3.05, 3.63) is 17.0 Å². The van der Waals surface area contributed by atoms with Crippen LogP contribution in [0.1, 0.15) is 50.6 Å². The maximum Gasteiger partial charge on any atom is 0.225 e. The molecule has 2 aliphatic heterocycles. The van der Waals surface area contributed by atoms with Gasteiger partial charge in [0.05, 0.1) is 24.3 Å². The molecule has 3 rings (SSSR count). The third kappa shape index (κ3) is 3.50. The van der Waals surface area contributed by atoms with Crippen molar-refractivity contribution in [2.75, 3.05) is 38.7 Å². The van der Waals surface area contributed by atoms with Gasteiger partial charge in [-0.1, -0.05) is 20.8 Å². The molecular formula is C19H30N4O2. The molecule has 0 N–H and O–H groups in total. The third-order valence-corrected chi connectivity index (χ3v) is 5.12. The zero-order valence-electron chi connectivity index (χ0n) is 16.3. The minimum atomic E-state index is -0.195. The standard InChI is InChI=1S/C19H30N4O2/c1-13-14-10-25-12-19(16(14)21-17(20-13)22(5)6)7-8-23(11-19)15(24)9-18(2,3)4/h7-12H2,1-6H3. The largest absolute Gasteiger partial charge is 0.376 e. The summed E-state index contributed by atoms with van der Waals surface area (Å²) in [7, 11) is 3.92. The van der Waals surface area contributed by atoms with Gasteiger partial charge in [0.2, 0.25) is 11.9 Å². The molecule has 0 aromatic carbocycles. The Labute approximate surface area is 150 Å². The first-order valence-electron chi connectivity index (χ1n) is 9.02. The monoisotopic (exact) mass is 346 g/mol. The number of likely N-dealkylation sites (tertiary alicyclic amines) is 1. The summed E-state index contributed by atoms with van der Waals surface area (Å²) in [6.07, 6.45) is 1.47. The van der Waals surface area contributed by atoms with Gasteiger partial charge in [-0.2, -0.15) is 0 Å². The SMILES string of the molecule is Cc1nc(N(C)C)nc2c1COCC21CCN(C(=O)CC(C)(C)C)C1. The van der Waals surface area contributed by atoms with E-state index in [0.29, 0.717) is 26.2 Å². The van der Waals surface area contributed by atoms with Crippen molar-refractivity contribution in [2.24, 2.45) is 5.41 Å². The summed E-state index contributed by atoms with van der Waals surface area (Å²) in [6.45, 7) is 11.0. The number of fused-ring (bicyclic) bond motifs is 2. The summed E-state index contributed by atoms with van der Waals surface area (Å²) >= 11 is 0. The summed E-state index contributed by atoms with van der Waals surface area (Å²) < 4.78 is 5.91. The molecule has 1 unspecified atom stereocenters. The van der Waals surface area contributed by atoms with Crippen LogP contribution in [0.15, 0.2) is 0 Å². The second-order valence-corrected chi connectivity index (χ2v) is 8.91. The van der Waals surface area contributed by atoms with Crippen LogP contribution in [-0.2, 0) is 21.6 Å². The summed E-state index contributed by atoms with van der Waals surface area (Å²) in [4.78, 5) is 26.1. The van der Waals surface area contributed by atoms with Gasteiger partial charge in [-0.15, -0.1) is 0 Å². The topological polar surface area (TPSA) is 58.6 Å². The normalized spacial score (nSPS) is 23.0. The van der Waals surface area contributed by atoms with E-state index in [4.69, 9.17) is 9.72 Å². The fraction of sp³-hybridized carbons (Fsp3) is 0.737. The van der Waals surface area contributed by atoms with Gasteiger partial charge in [-0.05, 0) is 18.8 Å². The van der Waals surface area contributed by atoms with Crippen LogP contribution < -0.4 is 4.90 Å². The highest BCUT2D eigenvalue weighted by molar-refractivity contribution is 5.77. The van der Waals surface area contributed by atoms with Crippen molar-refractivity contribution in [1.29, 1.82) is 0 Å². The number of carbonyl (C=O) groups excluding carboxylic acids is 1. The molecule has 2 aliphatic rings. The Morgan fingerprint density at radius 1 is 1.32 bits per heavy atom. The van der Waals surface area contributed by atoms with E-state index in [1.807, 2.05) is 30.8 Å². The first kappa shape index (κ1) is 18.1. The van der Waals surface area contributed by atoms with Gasteiger partial charge in [0.15, 0.2) is 0 Å². The number of amides is 1. The van der Waals surface area contributed by atoms with E-state index in [2.05, 4.69) is 25.8 Å². The average Bonchev–Trinajstić information content (AvgIpc) is 2.91. The molecule has 0 saturated carbocycles. The predicted molar refractivity (Wildman–Crippen MR) is 97.7 cm³/mol. The Hall–Kier alpha value is -1.69. The van der Waals surface area contributed by atoms with Crippen LogP contribution in [0, 0.1) is 12.3 Å². The molecule has 0 bridgehead atoms. The van der Waals surface area contributed by atoms with E-state index >= 15 is 0 Å². The fourth-order valence-corrected chi connectivity index (χ4v) is 3.77. The van der Waals surface area contributed by atoms with E-state index in [1.54, 1.807) is 0 Å². The molecule has 6 nitrogen and oxygen atoms in total. The molecule has 0 aliphatic carbocycles. The lowest BCUT2D eigenvalue weighted by Crippen LogP contribution is -2.42. The van der Waals surface area contributed by atoms with Gasteiger partial charge in [-0.3, -0.25) is 4.79 Å². The van der Waals surface area contributed by atoms with E-state index in [9.17, 15) is 4.79 Å². The minimum Gasteiger partial charge on any atom is -0.376 e. The zero-order valence-corrected chi connectivity index (χ0v) is 16.3. The van der Waals surface area contributed by atoms with Crippen LogP contribution in [0.2, 0.25) is 0 Å².